The van der Waals surface area contributed by atoms with E-state index in [-0.39, 0.29) is 23.2 Å². The summed E-state index contributed by atoms with van der Waals surface area (Å²) in [6.07, 6.45) is 2.06. The number of esters is 1. The van der Waals surface area contributed by atoms with Crippen molar-refractivity contribution >= 4 is 56.9 Å². The summed E-state index contributed by atoms with van der Waals surface area (Å²) in [6.45, 7) is 13.4. The normalized spacial score (nSPS) is 17.6. The summed E-state index contributed by atoms with van der Waals surface area (Å²) in [4.78, 5) is 19.2. The van der Waals surface area contributed by atoms with Crippen molar-refractivity contribution in [3.05, 3.63) is 29.8 Å². The molecular weight excluding hydrogens is 432 g/mol. The van der Waals surface area contributed by atoms with Gasteiger partial charge in [0.25, 0.3) is 0 Å². The molecule has 166 valence electrons. The van der Waals surface area contributed by atoms with Gasteiger partial charge >= 0.3 is 5.97 Å². The molecule has 1 aliphatic rings. The number of ether oxygens (including phenoxy) is 1. The quantitative estimate of drug-likeness (QED) is 0.332. The first-order valence-electron chi connectivity index (χ1n) is 10.7. The average molecular weight is 467 g/mol. The van der Waals surface area contributed by atoms with E-state index >= 15 is 0 Å². The molecule has 1 aromatic carbocycles. The standard InChI is InChI=1S/C23H34N2O2S3/c1-7-23(8-2)14-25(22(28)29-13-20(26)27-17(5)6)21(30-15-23)24-19-12-10-9-11-18(19)16(3)4/h9-12,16-17H,7-8,13-15H2,1-6H3. The highest BCUT2D eigenvalue weighted by molar-refractivity contribution is 8.23. The molecule has 7 heteroatoms. The highest BCUT2D eigenvalue weighted by atomic mass is 32.2. The predicted octanol–water partition coefficient (Wildman–Crippen LogP) is 6.62. The lowest BCUT2D eigenvalue weighted by atomic mass is 9.84. The van der Waals surface area contributed by atoms with Gasteiger partial charge in [0.2, 0.25) is 0 Å². The maximum atomic E-state index is 12.0. The summed E-state index contributed by atoms with van der Waals surface area (Å²) in [5, 5.41) is 0.926. The second kappa shape index (κ2) is 11.5. The maximum Gasteiger partial charge on any atom is 0.316 e. The van der Waals surface area contributed by atoms with Gasteiger partial charge in [-0.1, -0.05) is 81.6 Å². The number of thiocarbonyl (C=S) groups is 1. The molecule has 0 N–H and O–H groups in total. The largest absolute Gasteiger partial charge is 0.462 e. The van der Waals surface area contributed by atoms with Gasteiger partial charge in [-0.2, -0.15) is 0 Å². The first-order chi connectivity index (χ1) is 14.2. The van der Waals surface area contributed by atoms with Crippen molar-refractivity contribution in [2.24, 2.45) is 10.4 Å². The summed E-state index contributed by atoms with van der Waals surface area (Å²) in [5.74, 6) is 1.41. The summed E-state index contributed by atoms with van der Waals surface area (Å²) >= 11 is 8.91. The molecule has 2 rings (SSSR count). The second-order valence-electron chi connectivity index (χ2n) is 8.28. The van der Waals surface area contributed by atoms with Crippen LogP contribution in [-0.2, 0) is 9.53 Å². The van der Waals surface area contributed by atoms with Gasteiger partial charge < -0.3 is 9.64 Å². The van der Waals surface area contributed by atoms with E-state index in [0.717, 1.165) is 36.0 Å². The Morgan fingerprint density at radius 1 is 1.27 bits per heavy atom. The topological polar surface area (TPSA) is 41.9 Å². The molecule has 30 heavy (non-hydrogen) atoms. The molecule has 4 nitrogen and oxygen atoms in total. The van der Waals surface area contributed by atoms with Gasteiger partial charge in [-0.15, -0.1) is 0 Å². The Morgan fingerprint density at radius 3 is 2.53 bits per heavy atom. The maximum absolute atomic E-state index is 12.0. The molecule has 0 aromatic heterocycles. The molecule has 0 unspecified atom stereocenters. The van der Waals surface area contributed by atoms with Crippen molar-refractivity contribution < 1.29 is 9.53 Å². The smallest absolute Gasteiger partial charge is 0.316 e. The number of carbonyl (C=O) groups is 1. The Morgan fingerprint density at radius 2 is 1.93 bits per heavy atom. The Kier molecular flexibility index (Phi) is 9.69. The third-order valence-electron chi connectivity index (χ3n) is 5.41. The lowest BCUT2D eigenvalue weighted by Crippen LogP contribution is -2.47. The van der Waals surface area contributed by atoms with E-state index in [1.165, 1.54) is 17.3 Å². The number of nitrogens with zero attached hydrogens (tertiary/aromatic N) is 2. The number of para-hydroxylation sites is 1. The van der Waals surface area contributed by atoms with Crippen LogP contribution < -0.4 is 0 Å². The average Bonchev–Trinajstić information content (AvgIpc) is 2.72. The van der Waals surface area contributed by atoms with E-state index in [9.17, 15) is 4.79 Å². The van der Waals surface area contributed by atoms with E-state index < -0.39 is 0 Å². The summed E-state index contributed by atoms with van der Waals surface area (Å²) in [5.41, 5.74) is 2.42. The zero-order chi connectivity index (χ0) is 22.3. The number of benzene rings is 1. The number of hydrogen-bond acceptors (Lipinski definition) is 6. The fraction of sp³-hybridized carbons (Fsp3) is 0.609. The molecule has 0 aliphatic carbocycles. The Bertz CT molecular complexity index is 773. The molecular formula is C23H34N2O2S3. The van der Waals surface area contributed by atoms with Crippen molar-refractivity contribution in [1.82, 2.24) is 4.90 Å². The lowest BCUT2D eigenvalue weighted by Gasteiger charge is -2.42. The Balaban J connectivity index is 2.29. The van der Waals surface area contributed by atoms with E-state index in [1.807, 2.05) is 19.9 Å². The number of carbonyl (C=O) groups excluding carboxylic acids is 1. The van der Waals surface area contributed by atoms with Gasteiger partial charge in [0, 0.05) is 12.3 Å². The monoisotopic (exact) mass is 466 g/mol. The molecule has 0 amide bonds. The number of hydrogen-bond donors (Lipinski definition) is 0. The van der Waals surface area contributed by atoms with Crippen molar-refractivity contribution in [3.8, 4) is 0 Å². The minimum atomic E-state index is -0.233. The number of rotatable bonds is 7. The van der Waals surface area contributed by atoms with Crippen LogP contribution in [0.1, 0.15) is 65.9 Å². The number of amidine groups is 1. The molecule has 1 saturated heterocycles. The molecule has 0 atom stereocenters. The molecule has 0 bridgehead atoms. The fourth-order valence-corrected chi connectivity index (χ4v) is 5.80. The van der Waals surface area contributed by atoms with Gasteiger partial charge in [0.05, 0.1) is 17.5 Å². The Hall–Kier alpha value is -1.05. The van der Waals surface area contributed by atoms with Crippen LogP contribution in [-0.4, -0.2) is 44.5 Å². The SMILES string of the molecule is CCC1(CC)CSC(=Nc2ccccc2C(C)C)N(C(=S)SCC(=O)OC(C)C)C1. The van der Waals surface area contributed by atoms with Crippen LogP contribution in [0, 0.1) is 5.41 Å². The molecule has 1 aromatic rings. The fourth-order valence-electron chi connectivity index (χ4n) is 3.33. The third-order valence-corrected chi connectivity index (χ3v) is 8.16. The predicted molar refractivity (Wildman–Crippen MR) is 136 cm³/mol. The summed E-state index contributed by atoms with van der Waals surface area (Å²) in [6, 6.07) is 8.29. The van der Waals surface area contributed by atoms with Crippen LogP contribution in [0.3, 0.4) is 0 Å². The van der Waals surface area contributed by atoms with E-state index in [4.69, 9.17) is 21.9 Å². The van der Waals surface area contributed by atoms with E-state index in [1.54, 1.807) is 11.8 Å². The molecule has 0 radical (unpaired) electrons. The van der Waals surface area contributed by atoms with Gasteiger partial charge in [-0.25, -0.2) is 4.99 Å². The van der Waals surface area contributed by atoms with Crippen LogP contribution in [0.15, 0.2) is 29.3 Å². The minimum Gasteiger partial charge on any atom is -0.462 e. The third kappa shape index (κ3) is 6.72. The highest BCUT2D eigenvalue weighted by Crippen LogP contribution is 2.40. The molecule has 1 fully saturated rings. The zero-order valence-corrected chi connectivity index (χ0v) is 21.4. The first-order valence-corrected chi connectivity index (χ1v) is 13.0. The second-order valence-corrected chi connectivity index (χ2v) is 10.8. The van der Waals surface area contributed by atoms with Crippen molar-refractivity contribution in [1.29, 1.82) is 0 Å². The van der Waals surface area contributed by atoms with Crippen LogP contribution in [0.25, 0.3) is 0 Å². The molecule has 1 aliphatic heterocycles. The number of thioether (sulfide) groups is 2. The zero-order valence-electron chi connectivity index (χ0n) is 18.9. The summed E-state index contributed by atoms with van der Waals surface area (Å²) < 4.78 is 5.95. The number of aliphatic imine (C=N–C) groups is 1. The highest BCUT2D eigenvalue weighted by Gasteiger charge is 2.37. The Labute approximate surface area is 195 Å². The van der Waals surface area contributed by atoms with Crippen molar-refractivity contribution in [2.45, 2.75) is 66.4 Å². The first kappa shape index (κ1) is 25.2. The van der Waals surface area contributed by atoms with Gasteiger partial charge in [0.1, 0.15) is 4.32 Å². The summed E-state index contributed by atoms with van der Waals surface area (Å²) in [7, 11) is 0. The van der Waals surface area contributed by atoms with Crippen LogP contribution in [0.5, 0.6) is 0 Å². The molecule has 0 spiro atoms. The van der Waals surface area contributed by atoms with Gasteiger partial charge in [0.15, 0.2) is 5.17 Å². The van der Waals surface area contributed by atoms with Crippen LogP contribution in [0.4, 0.5) is 5.69 Å². The van der Waals surface area contributed by atoms with E-state index in [0.29, 0.717) is 10.2 Å². The van der Waals surface area contributed by atoms with Crippen LogP contribution >= 0.6 is 35.7 Å². The lowest BCUT2D eigenvalue weighted by molar-refractivity contribution is -0.144. The van der Waals surface area contributed by atoms with Gasteiger partial charge in [-0.3, -0.25) is 4.79 Å². The van der Waals surface area contributed by atoms with Crippen molar-refractivity contribution in [2.75, 3.05) is 18.1 Å². The van der Waals surface area contributed by atoms with Gasteiger partial charge in [-0.05, 0) is 49.7 Å². The molecule has 1 heterocycles. The molecule has 0 saturated carbocycles. The van der Waals surface area contributed by atoms with Crippen molar-refractivity contribution in [3.63, 3.8) is 0 Å². The minimum absolute atomic E-state index is 0.116. The van der Waals surface area contributed by atoms with E-state index in [2.05, 4.69) is 50.8 Å². The van der Waals surface area contributed by atoms with Crippen LogP contribution in [0.2, 0.25) is 0 Å².